The predicted molar refractivity (Wildman–Crippen MR) is 75.5 cm³/mol. The summed E-state index contributed by atoms with van der Waals surface area (Å²) in [7, 11) is -0.569. The Morgan fingerprint density at radius 2 is 1.95 bits per heavy atom. The van der Waals surface area contributed by atoms with E-state index in [1.165, 1.54) is 32.3 Å². The van der Waals surface area contributed by atoms with Gasteiger partial charge in [-0.15, -0.1) is 0 Å². The topological polar surface area (TPSA) is 66.5 Å². The first-order valence-electron chi connectivity index (χ1n) is 5.76. The molecule has 0 atom stereocenters. The van der Waals surface area contributed by atoms with Crippen LogP contribution in [0, 0.1) is 6.92 Å². The monoisotopic (exact) mass is 282 g/mol. The number of sulfonamides is 1. The first-order valence-corrected chi connectivity index (χ1v) is 7.20. The van der Waals surface area contributed by atoms with Crippen molar-refractivity contribution in [2.45, 2.75) is 18.7 Å². The highest BCUT2D eigenvalue weighted by Gasteiger charge is 2.18. The van der Waals surface area contributed by atoms with Gasteiger partial charge >= 0.3 is 0 Å². The number of nitrogens with zero attached hydrogens (tertiary/aromatic N) is 1. The first-order chi connectivity index (χ1) is 8.78. The minimum Gasteiger partial charge on any atom is -0.322 e. The van der Waals surface area contributed by atoms with Crippen molar-refractivity contribution >= 4 is 21.6 Å². The third kappa shape index (κ3) is 3.65. The van der Waals surface area contributed by atoms with E-state index in [0.29, 0.717) is 5.69 Å². The maximum Gasteiger partial charge on any atom is 0.248 e. The van der Waals surface area contributed by atoms with Crippen LogP contribution in [0.3, 0.4) is 0 Å². The van der Waals surface area contributed by atoms with Crippen molar-refractivity contribution in [2.24, 2.45) is 0 Å². The predicted octanol–water partition coefficient (Wildman–Crippen LogP) is 1.76. The number of rotatable bonds is 4. The lowest BCUT2D eigenvalue weighted by atomic mass is 10.2. The van der Waals surface area contributed by atoms with Crippen LogP contribution in [0.2, 0.25) is 0 Å². The normalized spacial score (nSPS) is 12.1. The fraction of sp³-hybridized carbons (Fsp3) is 0.308. The van der Waals surface area contributed by atoms with E-state index in [1.807, 2.05) is 0 Å². The molecule has 0 unspecified atom stereocenters. The molecule has 0 fully saturated rings. The quantitative estimate of drug-likeness (QED) is 0.856. The summed E-state index contributed by atoms with van der Waals surface area (Å²) in [6, 6.07) is 4.66. The lowest BCUT2D eigenvalue weighted by Crippen LogP contribution is -2.22. The van der Waals surface area contributed by atoms with E-state index in [0.717, 1.165) is 9.87 Å². The van der Waals surface area contributed by atoms with Crippen molar-refractivity contribution in [2.75, 3.05) is 19.4 Å². The van der Waals surface area contributed by atoms with Crippen LogP contribution < -0.4 is 5.32 Å². The smallest absolute Gasteiger partial charge is 0.248 e. The summed E-state index contributed by atoms with van der Waals surface area (Å²) in [5.41, 5.74) is 1.29. The SMILES string of the molecule is CC=CC(=O)Nc1cc(S(=O)(=O)N(C)C)ccc1C. The zero-order valence-corrected chi connectivity index (χ0v) is 12.3. The lowest BCUT2D eigenvalue weighted by molar-refractivity contribution is -0.111. The Morgan fingerprint density at radius 3 is 2.47 bits per heavy atom. The fourth-order valence-corrected chi connectivity index (χ4v) is 2.36. The number of benzene rings is 1. The van der Waals surface area contributed by atoms with Gasteiger partial charge in [-0.05, 0) is 37.6 Å². The van der Waals surface area contributed by atoms with Crippen molar-refractivity contribution in [3.8, 4) is 0 Å². The minimum atomic E-state index is -3.50. The standard InChI is InChI=1S/C13H18N2O3S/c1-5-6-13(16)14-12-9-11(8-7-10(12)2)19(17,18)15(3)4/h5-9H,1-4H3,(H,14,16). The molecule has 0 aromatic heterocycles. The summed E-state index contributed by atoms with van der Waals surface area (Å²) in [6.45, 7) is 3.54. The maximum atomic E-state index is 12.0. The molecule has 0 aliphatic carbocycles. The molecule has 0 radical (unpaired) electrons. The molecule has 5 nitrogen and oxygen atoms in total. The van der Waals surface area contributed by atoms with Crippen LogP contribution in [0.15, 0.2) is 35.2 Å². The van der Waals surface area contributed by atoms with E-state index in [4.69, 9.17) is 0 Å². The van der Waals surface area contributed by atoms with Gasteiger partial charge in [-0.2, -0.15) is 0 Å². The maximum absolute atomic E-state index is 12.0. The molecule has 6 heteroatoms. The Morgan fingerprint density at radius 1 is 1.32 bits per heavy atom. The van der Waals surface area contributed by atoms with Gasteiger partial charge in [0.15, 0.2) is 0 Å². The van der Waals surface area contributed by atoms with E-state index >= 15 is 0 Å². The molecule has 0 heterocycles. The molecule has 19 heavy (non-hydrogen) atoms. The minimum absolute atomic E-state index is 0.152. The number of hydrogen-bond acceptors (Lipinski definition) is 3. The van der Waals surface area contributed by atoms with Crippen LogP contribution in [-0.2, 0) is 14.8 Å². The van der Waals surface area contributed by atoms with Crippen LogP contribution in [0.4, 0.5) is 5.69 Å². The average molecular weight is 282 g/mol. The Labute approximate surface area is 114 Å². The molecular formula is C13H18N2O3S. The van der Waals surface area contributed by atoms with Gasteiger partial charge in [-0.1, -0.05) is 12.1 Å². The summed E-state index contributed by atoms with van der Waals surface area (Å²) in [6.07, 6.45) is 3.00. The molecule has 1 rings (SSSR count). The second-order valence-electron chi connectivity index (χ2n) is 4.25. The van der Waals surface area contributed by atoms with Crippen LogP contribution in [-0.4, -0.2) is 32.7 Å². The molecule has 104 valence electrons. The molecule has 0 spiro atoms. The van der Waals surface area contributed by atoms with Crippen molar-refractivity contribution in [3.63, 3.8) is 0 Å². The van der Waals surface area contributed by atoms with Gasteiger partial charge in [0.05, 0.1) is 4.90 Å². The van der Waals surface area contributed by atoms with Crippen LogP contribution in [0.5, 0.6) is 0 Å². The summed E-state index contributed by atoms with van der Waals surface area (Å²) in [5.74, 6) is -0.287. The molecule has 1 amide bonds. The number of hydrogen-bond donors (Lipinski definition) is 1. The van der Waals surface area contributed by atoms with Crippen LogP contribution >= 0.6 is 0 Å². The van der Waals surface area contributed by atoms with Gasteiger partial charge in [0, 0.05) is 19.8 Å². The van der Waals surface area contributed by atoms with E-state index in [2.05, 4.69) is 5.32 Å². The number of anilines is 1. The van der Waals surface area contributed by atoms with Crippen LogP contribution in [0.25, 0.3) is 0 Å². The highest BCUT2D eigenvalue weighted by molar-refractivity contribution is 7.89. The zero-order valence-electron chi connectivity index (χ0n) is 11.5. The van der Waals surface area contributed by atoms with Crippen LogP contribution in [0.1, 0.15) is 12.5 Å². The van der Waals surface area contributed by atoms with Crippen molar-refractivity contribution in [1.29, 1.82) is 0 Å². The largest absolute Gasteiger partial charge is 0.322 e. The van der Waals surface area contributed by atoms with Crippen molar-refractivity contribution < 1.29 is 13.2 Å². The van der Waals surface area contributed by atoms with Gasteiger partial charge in [-0.3, -0.25) is 4.79 Å². The van der Waals surface area contributed by atoms with E-state index in [-0.39, 0.29) is 10.8 Å². The summed E-state index contributed by atoms with van der Waals surface area (Å²) in [5, 5.41) is 2.65. The molecule has 1 aromatic carbocycles. The Bertz CT molecular complexity index is 604. The third-order valence-corrected chi connectivity index (χ3v) is 4.37. The summed E-state index contributed by atoms with van der Waals surface area (Å²) >= 11 is 0. The lowest BCUT2D eigenvalue weighted by Gasteiger charge is -2.14. The number of nitrogens with one attached hydrogen (secondary N) is 1. The summed E-state index contributed by atoms with van der Waals surface area (Å²) < 4.78 is 25.1. The number of aryl methyl sites for hydroxylation is 1. The molecular weight excluding hydrogens is 264 g/mol. The van der Waals surface area contributed by atoms with Gasteiger partial charge in [0.1, 0.15) is 0 Å². The van der Waals surface area contributed by atoms with E-state index in [1.54, 1.807) is 26.0 Å². The molecule has 0 aliphatic rings. The Balaban J connectivity index is 3.18. The Kier molecular flexibility index (Phi) is 4.85. The number of allylic oxidation sites excluding steroid dienone is 1. The first kappa shape index (κ1) is 15.4. The van der Waals surface area contributed by atoms with Gasteiger partial charge in [0.2, 0.25) is 15.9 Å². The highest BCUT2D eigenvalue weighted by atomic mass is 32.2. The average Bonchev–Trinajstić information content (AvgIpc) is 2.31. The third-order valence-electron chi connectivity index (χ3n) is 2.56. The fourth-order valence-electron chi connectivity index (χ4n) is 1.43. The van der Waals surface area contributed by atoms with Gasteiger partial charge < -0.3 is 5.32 Å². The number of amides is 1. The zero-order chi connectivity index (χ0) is 14.6. The van der Waals surface area contributed by atoms with E-state index < -0.39 is 10.0 Å². The second kappa shape index (κ2) is 5.99. The molecule has 1 N–H and O–H groups in total. The molecule has 0 aliphatic heterocycles. The second-order valence-corrected chi connectivity index (χ2v) is 6.41. The van der Waals surface area contributed by atoms with Crippen molar-refractivity contribution in [1.82, 2.24) is 4.31 Å². The highest BCUT2D eigenvalue weighted by Crippen LogP contribution is 2.21. The number of carbonyl (C=O) groups excluding carboxylic acids is 1. The number of carbonyl (C=O) groups is 1. The van der Waals surface area contributed by atoms with Gasteiger partial charge in [0.25, 0.3) is 0 Å². The van der Waals surface area contributed by atoms with Gasteiger partial charge in [-0.25, -0.2) is 12.7 Å². The van der Waals surface area contributed by atoms with Crippen molar-refractivity contribution in [3.05, 3.63) is 35.9 Å². The molecule has 0 saturated heterocycles. The summed E-state index contributed by atoms with van der Waals surface area (Å²) in [4.78, 5) is 11.7. The molecule has 0 bridgehead atoms. The molecule has 1 aromatic rings. The van der Waals surface area contributed by atoms with E-state index in [9.17, 15) is 13.2 Å². The Hall–Kier alpha value is -1.66. The molecule has 0 saturated carbocycles.